The molecule has 2 nitrogen and oxygen atoms in total. The van der Waals surface area contributed by atoms with Gasteiger partial charge in [-0.2, -0.15) is 5.26 Å². The van der Waals surface area contributed by atoms with Gasteiger partial charge in [0.05, 0.1) is 18.6 Å². The van der Waals surface area contributed by atoms with Crippen molar-refractivity contribution < 1.29 is 5.11 Å². The lowest BCUT2D eigenvalue weighted by Gasteiger charge is -2.14. The summed E-state index contributed by atoms with van der Waals surface area (Å²) in [6.07, 6.45) is 1.91. The topological polar surface area (TPSA) is 44.0 Å². The molecule has 0 radical (unpaired) electrons. The lowest BCUT2D eigenvalue weighted by molar-refractivity contribution is 0.116. The fourth-order valence-corrected chi connectivity index (χ4v) is 0.942. The maximum atomic E-state index is 9.23. The highest BCUT2D eigenvalue weighted by Crippen LogP contribution is 2.12. The molecule has 0 aromatic carbocycles. The Labute approximate surface area is 62.5 Å². The van der Waals surface area contributed by atoms with E-state index in [4.69, 9.17) is 5.26 Å². The first-order valence-corrected chi connectivity index (χ1v) is 3.77. The van der Waals surface area contributed by atoms with Crippen molar-refractivity contribution in [2.24, 2.45) is 5.92 Å². The van der Waals surface area contributed by atoms with Crippen LogP contribution < -0.4 is 0 Å². The molecule has 0 amide bonds. The Balaban J connectivity index is 3.50. The minimum absolute atomic E-state index is 0.265. The SMILES string of the molecule is CCCC(C)C(O)CC#N. The fraction of sp³-hybridized carbons (Fsp3) is 0.875. The molecule has 1 N–H and O–H groups in total. The zero-order chi connectivity index (χ0) is 7.98. The molecule has 0 aromatic rings. The van der Waals surface area contributed by atoms with Gasteiger partial charge in [0.1, 0.15) is 0 Å². The van der Waals surface area contributed by atoms with Crippen LogP contribution >= 0.6 is 0 Å². The summed E-state index contributed by atoms with van der Waals surface area (Å²) in [5, 5.41) is 17.5. The first-order chi connectivity index (χ1) is 4.72. The summed E-state index contributed by atoms with van der Waals surface area (Å²) in [4.78, 5) is 0. The molecule has 0 fully saturated rings. The lowest BCUT2D eigenvalue weighted by atomic mass is 9.98. The molecule has 2 atom stereocenters. The number of hydrogen-bond acceptors (Lipinski definition) is 2. The standard InChI is InChI=1S/C8H15NO/c1-3-4-7(2)8(10)5-6-9/h7-8,10H,3-5H2,1-2H3. The van der Waals surface area contributed by atoms with E-state index in [1.165, 1.54) is 0 Å². The molecule has 0 saturated heterocycles. The van der Waals surface area contributed by atoms with Gasteiger partial charge < -0.3 is 5.11 Å². The fourth-order valence-electron chi connectivity index (χ4n) is 0.942. The zero-order valence-electron chi connectivity index (χ0n) is 6.67. The van der Waals surface area contributed by atoms with Crippen LogP contribution in [0.2, 0.25) is 0 Å². The molecule has 0 heterocycles. The normalized spacial score (nSPS) is 15.8. The largest absolute Gasteiger partial charge is 0.392 e. The minimum atomic E-state index is -0.426. The molecule has 0 bridgehead atoms. The highest BCUT2D eigenvalue weighted by atomic mass is 16.3. The minimum Gasteiger partial charge on any atom is -0.392 e. The smallest absolute Gasteiger partial charge is 0.0695 e. The van der Waals surface area contributed by atoms with Crippen molar-refractivity contribution in [1.82, 2.24) is 0 Å². The van der Waals surface area contributed by atoms with Gasteiger partial charge in [-0.05, 0) is 12.3 Å². The van der Waals surface area contributed by atoms with Crippen molar-refractivity contribution in [2.45, 2.75) is 39.2 Å². The average molecular weight is 141 g/mol. The Hall–Kier alpha value is -0.550. The average Bonchev–Trinajstić information content (AvgIpc) is 1.89. The van der Waals surface area contributed by atoms with Gasteiger partial charge in [-0.3, -0.25) is 0 Å². The Kier molecular flexibility index (Phi) is 4.96. The van der Waals surface area contributed by atoms with E-state index in [0.717, 1.165) is 12.8 Å². The summed E-state index contributed by atoms with van der Waals surface area (Å²) in [5.41, 5.74) is 0. The van der Waals surface area contributed by atoms with Crippen LogP contribution in [0.1, 0.15) is 33.1 Å². The van der Waals surface area contributed by atoms with Crippen molar-refractivity contribution in [3.63, 3.8) is 0 Å². The van der Waals surface area contributed by atoms with Crippen LogP contribution in [0.4, 0.5) is 0 Å². The van der Waals surface area contributed by atoms with Crippen molar-refractivity contribution in [1.29, 1.82) is 5.26 Å². The third-order valence-corrected chi connectivity index (χ3v) is 1.70. The molecule has 58 valence electrons. The second kappa shape index (κ2) is 5.25. The Morgan fingerprint density at radius 3 is 2.60 bits per heavy atom. The van der Waals surface area contributed by atoms with Crippen LogP contribution in [0.25, 0.3) is 0 Å². The maximum Gasteiger partial charge on any atom is 0.0695 e. The van der Waals surface area contributed by atoms with E-state index < -0.39 is 6.10 Å². The van der Waals surface area contributed by atoms with Gasteiger partial charge in [0, 0.05) is 0 Å². The number of nitrogens with zero attached hydrogens (tertiary/aromatic N) is 1. The Morgan fingerprint density at radius 2 is 2.20 bits per heavy atom. The number of nitriles is 1. The van der Waals surface area contributed by atoms with Crippen LogP contribution in [0, 0.1) is 17.2 Å². The number of rotatable bonds is 4. The van der Waals surface area contributed by atoms with Gasteiger partial charge in [-0.25, -0.2) is 0 Å². The molecule has 0 saturated carbocycles. The van der Waals surface area contributed by atoms with E-state index in [0.29, 0.717) is 0 Å². The first-order valence-electron chi connectivity index (χ1n) is 3.77. The van der Waals surface area contributed by atoms with Crippen molar-refractivity contribution >= 4 is 0 Å². The van der Waals surface area contributed by atoms with Gasteiger partial charge in [0.25, 0.3) is 0 Å². The lowest BCUT2D eigenvalue weighted by Crippen LogP contribution is -2.16. The Morgan fingerprint density at radius 1 is 1.60 bits per heavy atom. The van der Waals surface area contributed by atoms with E-state index in [9.17, 15) is 5.11 Å². The van der Waals surface area contributed by atoms with E-state index in [-0.39, 0.29) is 12.3 Å². The highest BCUT2D eigenvalue weighted by molar-refractivity contribution is 4.77. The second-order valence-corrected chi connectivity index (χ2v) is 2.70. The van der Waals surface area contributed by atoms with Gasteiger partial charge in [0.2, 0.25) is 0 Å². The monoisotopic (exact) mass is 141 g/mol. The first kappa shape index (κ1) is 9.45. The van der Waals surface area contributed by atoms with Crippen LogP contribution in [-0.2, 0) is 0 Å². The molecule has 2 unspecified atom stereocenters. The van der Waals surface area contributed by atoms with Gasteiger partial charge >= 0.3 is 0 Å². The highest BCUT2D eigenvalue weighted by Gasteiger charge is 2.11. The van der Waals surface area contributed by atoms with E-state index in [1.54, 1.807) is 0 Å². The maximum absolute atomic E-state index is 9.23. The number of aliphatic hydroxyl groups is 1. The third-order valence-electron chi connectivity index (χ3n) is 1.70. The molecule has 0 rings (SSSR count). The molecule has 2 heteroatoms. The molecule has 0 aliphatic rings. The van der Waals surface area contributed by atoms with Crippen LogP contribution in [0.15, 0.2) is 0 Å². The van der Waals surface area contributed by atoms with Gasteiger partial charge in [-0.15, -0.1) is 0 Å². The van der Waals surface area contributed by atoms with E-state index in [2.05, 4.69) is 6.92 Å². The van der Waals surface area contributed by atoms with Crippen molar-refractivity contribution in [2.75, 3.05) is 0 Å². The van der Waals surface area contributed by atoms with Crippen LogP contribution in [0.3, 0.4) is 0 Å². The van der Waals surface area contributed by atoms with Crippen molar-refractivity contribution in [3.8, 4) is 6.07 Å². The van der Waals surface area contributed by atoms with Crippen LogP contribution in [0.5, 0.6) is 0 Å². The van der Waals surface area contributed by atoms with Crippen LogP contribution in [-0.4, -0.2) is 11.2 Å². The predicted octanol–water partition coefficient (Wildman–Crippen LogP) is 1.70. The number of aliphatic hydroxyl groups excluding tert-OH is 1. The van der Waals surface area contributed by atoms with Gasteiger partial charge in [0.15, 0.2) is 0 Å². The Bertz CT molecular complexity index is 117. The molecule has 0 aliphatic heterocycles. The zero-order valence-corrected chi connectivity index (χ0v) is 6.67. The molecule has 0 aromatic heterocycles. The van der Waals surface area contributed by atoms with Gasteiger partial charge in [-0.1, -0.05) is 20.3 Å². The molecule has 10 heavy (non-hydrogen) atoms. The quantitative estimate of drug-likeness (QED) is 0.647. The number of hydrogen-bond donors (Lipinski definition) is 1. The van der Waals surface area contributed by atoms with Crippen molar-refractivity contribution in [3.05, 3.63) is 0 Å². The molecule has 0 spiro atoms. The predicted molar refractivity (Wildman–Crippen MR) is 40.3 cm³/mol. The summed E-state index contributed by atoms with van der Waals surface area (Å²) in [6, 6.07) is 1.96. The van der Waals surface area contributed by atoms with E-state index >= 15 is 0 Å². The summed E-state index contributed by atoms with van der Waals surface area (Å²) >= 11 is 0. The summed E-state index contributed by atoms with van der Waals surface area (Å²) < 4.78 is 0. The summed E-state index contributed by atoms with van der Waals surface area (Å²) in [7, 11) is 0. The van der Waals surface area contributed by atoms with E-state index in [1.807, 2.05) is 13.0 Å². The molecular formula is C8H15NO. The third kappa shape index (κ3) is 3.47. The summed E-state index contributed by atoms with van der Waals surface area (Å²) in [6.45, 7) is 4.06. The molecular weight excluding hydrogens is 126 g/mol. The summed E-state index contributed by atoms with van der Waals surface area (Å²) in [5.74, 6) is 0.268. The second-order valence-electron chi connectivity index (χ2n) is 2.70. The molecule has 0 aliphatic carbocycles.